The van der Waals surface area contributed by atoms with Gasteiger partial charge < -0.3 is 9.84 Å². The van der Waals surface area contributed by atoms with Gasteiger partial charge in [0.05, 0.1) is 15.1 Å². The third-order valence-corrected chi connectivity index (χ3v) is 3.33. The standard InChI is InChI=1S/C13H9FINO4/c14-10-5-13(12(16(18)19)6-11(10)15)20-9-3-1-2-8(4-9)7-17/h1-6,17H,7H2. The molecule has 2 aromatic carbocycles. The summed E-state index contributed by atoms with van der Waals surface area (Å²) in [6, 6.07) is 8.50. The molecule has 20 heavy (non-hydrogen) atoms. The quantitative estimate of drug-likeness (QED) is 0.493. The van der Waals surface area contributed by atoms with E-state index in [-0.39, 0.29) is 21.6 Å². The van der Waals surface area contributed by atoms with Gasteiger partial charge in [0.25, 0.3) is 0 Å². The van der Waals surface area contributed by atoms with E-state index in [9.17, 15) is 14.5 Å². The van der Waals surface area contributed by atoms with Crippen LogP contribution in [0.15, 0.2) is 36.4 Å². The molecule has 0 atom stereocenters. The van der Waals surface area contributed by atoms with Crippen LogP contribution < -0.4 is 4.74 Å². The summed E-state index contributed by atoms with van der Waals surface area (Å²) in [7, 11) is 0. The van der Waals surface area contributed by atoms with Crippen LogP contribution in [0, 0.1) is 19.5 Å². The first-order valence-corrected chi connectivity index (χ1v) is 6.60. The Bertz CT molecular complexity index is 663. The van der Waals surface area contributed by atoms with Crippen molar-refractivity contribution >= 4 is 28.3 Å². The molecule has 0 aliphatic rings. The van der Waals surface area contributed by atoms with Crippen molar-refractivity contribution < 1.29 is 19.2 Å². The molecule has 0 saturated heterocycles. The molecule has 0 aliphatic heterocycles. The molecule has 2 rings (SSSR count). The van der Waals surface area contributed by atoms with Crippen molar-refractivity contribution in [3.8, 4) is 11.5 Å². The summed E-state index contributed by atoms with van der Waals surface area (Å²) in [6.45, 7) is -0.180. The van der Waals surface area contributed by atoms with E-state index in [4.69, 9.17) is 9.84 Å². The number of rotatable bonds is 4. The van der Waals surface area contributed by atoms with E-state index in [1.54, 1.807) is 40.8 Å². The van der Waals surface area contributed by atoms with Crippen molar-refractivity contribution in [3.63, 3.8) is 0 Å². The molecule has 0 unspecified atom stereocenters. The summed E-state index contributed by atoms with van der Waals surface area (Å²) in [4.78, 5) is 10.3. The van der Waals surface area contributed by atoms with Gasteiger partial charge in [-0.15, -0.1) is 0 Å². The number of nitro groups is 1. The fraction of sp³-hybridized carbons (Fsp3) is 0.0769. The van der Waals surface area contributed by atoms with E-state index < -0.39 is 10.7 Å². The molecule has 7 heteroatoms. The second-order valence-electron chi connectivity index (χ2n) is 3.90. The lowest BCUT2D eigenvalue weighted by Gasteiger charge is -2.08. The Kier molecular flexibility index (Phi) is 4.50. The molecule has 0 heterocycles. The van der Waals surface area contributed by atoms with Crippen LogP contribution in [0.25, 0.3) is 0 Å². The minimum absolute atomic E-state index is 0.144. The van der Waals surface area contributed by atoms with Crippen LogP contribution in [-0.4, -0.2) is 10.0 Å². The highest BCUT2D eigenvalue weighted by atomic mass is 127. The van der Waals surface area contributed by atoms with Crippen molar-refractivity contribution in [1.29, 1.82) is 0 Å². The van der Waals surface area contributed by atoms with Crippen molar-refractivity contribution in [2.75, 3.05) is 0 Å². The molecular formula is C13H9FINO4. The SMILES string of the molecule is O=[N+]([O-])c1cc(I)c(F)cc1Oc1cccc(CO)c1. The van der Waals surface area contributed by atoms with Crippen molar-refractivity contribution in [3.05, 3.63) is 61.5 Å². The molecule has 0 spiro atoms. The Labute approximate surface area is 127 Å². The van der Waals surface area contributed by atoms with Gasteiger partial charge in [-0.3, -0.25) is 10.1 Å². The van der Waals surface area contributed by atoms with Gasteiger partial charge in [0.15, 0.2) is 0 Å². The summed E-state index contributed by atoms with van der Waals surface area (Å²) in [5, 5.41) is 20.0. The van der Waals surface area contributed by atoms with Gasteiger partial charge in [-0.25, -0.2) is 4.39 Å². The van der Waals surface area contributed by atoms with Gasteiger partial charge in [-0.05, 0) is 40.3 Å². The molecule has 0 fully saturated rings. The van der Waals surface area contributed by atoms with E-state index >= 15 is 0 Å². The van der Waals surface area contributed by atoms with Crippen LogP contribution in [0.1, 0.15) is 5.56 Å². The molecule has 2 aromatic rings. The zero-order valence-corrected chi connectivity index (χ0v) is 12.2. The normalized spacial score (nSPS) is 10.3. The van der Waals surface area contributed by atoms with Gasteiger partial charge in [0.1, 0.15) is 11.6 Å². The molecule has 5 nitrogen and oxygen atoms in total. The average molecular weight is 389 g/mol. The summed E-state index contributed by atoms with van der Waals surface area (Å²) < 4.78 is 19.0. The van der Waals surface area contributed by atoms with E-state index in [1.807, 2.05) is 0 Å². The summed E-state index contributed by atoms with van der Waals surface area (Å²) >= 11 is 1.67. The number of hydrogen-bond donors (Lipinski definition) is 1. The van der Waals surface area contributed by atoms with E-state index in [2.05, 4.69) is 0 Å². The van der Waals surface area contributed by atoms with Crippen LogP contribution >= 0.6 is 22.6 Å². The highest BCUT2D eigenvalue weighted by molar-refractivity contribution is 14.1. The number of halogens is 2. The zero-order chi connectivity index (χ0) is 14.7. The van der Waals surface area contributed by atoms with Gasteiger partial charge in [0, 0.05) is 12.1 Å². The maximum absolute atomic E-state index is 13.5. The Morgan fingerprint density at radius 1 is 1.35 bits per heavy atom. The Hall–Kier alpha value is -1.74. The number of aliphatic hydroxyl groups is 1. The van der Waals surface area contributed by atoms with Crippen LogP contribution in [0.4, 0.5) is 10.1 Å². The minimum atomic E-state index is -0.632. The highest BCUT2D eigenvalue weighted by Gasteiger charge is 2.19. The zero-order valence-electron chi connectivity index (χ0n) is 10.0. The van der Waals surface area contributed by atoms with Gasteiger partial charge in [-0.2, -0.15) is 0 Å². The molecule has 0 saturated carbocycles. The fourth-order valence-corrected chi connectivity index (χ4v) is 2.03. The summed E-state index contributed by atoms with van der Waals surface area (Å²) in [6.07, 6.45) is 0. The second kappa shape index (κ2) is 6.14. The van der Waals surface area contributed by atoms with E-state index in [0.29, 0.717) is 11.3 Å². The fourth-order valence-electron chi connectivity index (χ4n) is 1.58. The van der Waals surface area contributed by atoms with Gasteiger partial charge in [-0.1, -0.05) is 12.1 Å². The van der Waals surface area contributed by atoms with E-state index in [1.165, 1.54) is 6.07 Å². The topological polar surface area (TPSA) is 72.6 Å². The monoisotopic (exact) mass is 389 g/mol. The average Bonchev–Trinajstić information content (AvgIpc) is 2.42. The Morgan fingerprint density at radius 2 is 2.10 bits per heavy atom. The molecule has 0 radical (unpaired) electrons. The third-order valence-electron chi connectivity index (χ3n) is 2.51. The summed E-state index contributed by atoms with van der Waals surface area (Å²) in [5.74, 6) is -0.479. The summed E-state index contributed by atoms with van der Waals surface area (Å²) in [5.41, 5.74) is 0.279. The molecule has 0 aliphatic carbocycles. The Morgan fingerprint density at radius 3 is 2.75 bits per heavy atom. The number of ether oxygens (including phenoxy) is 1. The first-order valence-electron chi connectivity index (χ1n) is 5.52. The maximum atomic E-state index is 13.5. The maximum Gasteiger partial charge on any atom is 0.312 e. The lowest BCUT2D eigenvalue weighted by molar-refractivity contribution is -0.385. The number of hydrogen-bond acceptors (Lipinski definition) is 4. The first kappa shape index (κ1) is 14.7. The number of nitrogens with zero attached hydrogens (tertiary/aromatic N) is 1. The van der Waals surface area contributed by atoms with Crippen LogP contribution in [0.2, 0.25) is 0 Å². The predicted molar refractivity (Wildman–Crippen MR) is 78.2 cm³/mol. The molecule has 0 aromatic heterocycles. The largest absolute Gasteiger partial charge is 0.450 e. The van der Waals surface area contributed by atoms with Gasteiger partial charge in [0.2, 0.25) is 5.75 Å². The van der Waals surface area contributed by atoms with Crippen LogP contribution in [0.3, 0.4) is 0 Å². The van der Waals surface area contributed by atoms with Crippen molar-refractivity contribution in [2.45, 2.75) is 6.61 Å². The number of aliphatic hydroxyl groups excluding tert-OH is 1. The minimum Gasteiger partial charge on any atom is -0.450 e. The highest BCUT2D eigenvalue weighted by Crippen LogP contribution is 2.34. The van der Waals surface area contributed by atoms with Crippen LogP contribution in [0.5, 0.6) is 11.5 Å². The number of benzene rings is 2. The lowest BCUT2D eigenvalue weighted by Crippen LogP contribution is -1.96. The lowest BCUT2D eigenvalue weighted by atomic mass is 10.2. The predicted octanol–water partition coefficient (Wildman–Crippen LogP) is 3.62. The molecule has 0 bridgehead atoms. The molecular weight excluding hydrogens is 380 g/mol. The molecule has 104 valence electrons. The van der Waals surface area contributed by atoms with E-state index in [0.717, 1.165) is 12.1 Å². The molecule has 0 amide bonds. The third kappa shape index (κ3) is 3.23. The second-order valence-corrected chi connectivity index (χ2v) is 5.06. The van der Waals surface area contributed by atoms with Crippen LogP contribution in [-0.2, 0) is 6.61 Å². The smallest absolute Gasteiger partial charge is 0.312 e. The van der Waals surface area contributed by atoms with Gasteiger partial charge >= 0.3 is 5.69 Å². The van der Waals surface area contributed by atoms with Crippen molar-refractivity contribution in [2.24, 2.45) is 0 Å². The Balaban J connectivity index is 2.41. The molecule has 1 N–H and O–H groups in total. The first-order chi connectivity index (χ1) is 9.51. The number of nitro benzene ring substituents is 1. The van der Waals surface area contributed by atoms with Crippen molar-refractivity contribution in [1.82, 2.24) is 0 Å².